The second kappa shape index (κ2) is 4.17. The molecule has 0 saturated heterocycles. The summed E-state index contributed by atoms with van der Waals surface area (Å²) in [5.74, 6) is -0.522. The van der Waals surface area contributed by atoms with Crippen LogP contribution in [0.5, 0.6) is 0 Å². The van der Waals surface area contributed by atoms with Crippen molar-refractivity contribution in [2.45, 2.75) is 0 Å². The van der Waals surface area contributed by atoms with E-state index in [9.17, 15) is 4.79 Å². The van der Waals surface area contributed by atoms with Crippen LogP contribution >= 0.6 is 0 Å². The van der Waals surface area contributed by atoms with Crippen LogP contribution < -0.4 is 17.2 Å². The number of hydrogen-bond acceptors (Lipinski definition) is 3. The first-order chi connectivity index (χ1) is 8.08. The minimum Gasteiger partial charge on any atom is -0.399 e. The van der Waals surface area contributed by atoms with E-state index < -0.39 is 5.91 Å². The fourth-order valence-electron chi connectivity index (χ4n) is 1.64. The van der Waals surface area contributed by atoms with Crippen molar-refractivity contribution in [2.75, 3.05) is 11.5 Å². The van der Waals surface area contributed by atoms with Gasteiger partial charge in [-0.25, -0.2) is 0 Å². The lowest BCUT2D eigenvalue weighted by Crippen LogP contribution is -2.13. The van der Waals surface area contributed by atoms with Crippen molar-refractivity contribution in [2.24, 2.45) is 5.73 Å². The standard InChI is InChI=1S/C13H13N3O/c14-10-4-1-8(2-5-10)9-3-6-11(13(16)17)12(15)7-9/h1-7H,14-15H2,(H2,16,17). The summed E-state index contributed by atoms with van der Waals surface area (Å²) in [5, 5.41) is 0. The number of benzene rings is 2. The molecule has 6 N–H and O–H groups in total. The highest BCUT2D eigenvalue weighted by atomic mass is 16.1. The van der Waals surface area contributed by atoms with Crippen LogP contribution in [0.1, 0.15) is 10.4 Å². The maximum atomic E-state index is 11.0. The monoisotopic (exact) mass is 227 g/mol. The number of rotatable bonds is 2. The summed E-state index contributed by atoms with van der Waals surface area (Å²) in [6.45, 7) is 0. The predicted octanol–water partition coefficient (Wildman–Crippen LogP) is 1.62. The van der Waals surface area contributed by atoms with Gasteiger partial charge < -0.3 is 17.2 Å². The molecule has 0 atom stereocenters. The Morgan fingerprint density at radius 2 is 1.47 bits per heavy atom. The van der Waals surface area contributed by atoms with Gasteiger partial charge in [-0.15, -0.1) is 0 Å². The van der Waals surface area contributed by atoms with E-state index in [2.05, 4.69) is 0 Å². The van der Waals surface area contributed by atoms with Gasteiger partial charge in [-0.2, -0.15) is 0 Å². The van der Waals surface area contributed by atoms with Crippen LogP contribution in [0, 0.1) is 0 Å². The molecule has 0 spiro atoms. The average Bonchev–Trinajstić information content (AvgIpc) is 2.29. The molecule has 0 bridgehead atoms. The fraction of sp³-hybridized carbons (Fsp3) is 0. The second-order valence-electron chi connectivity index (χ2n) is 3.79. The minimum atomic E-state index is -0.522. The predicted molar refractivity (Wildman–Crippen MR) is 69.2 cm³/mol. The van der Waals surface area contributed by atoms with Gasteiger partial charge in [0.2, 0.25) is 0 Å². The van der Waals surface area contributed by atoms with E-state index in [1.54, 1.807) is 12.1 Å². The number of nitrogen functional groups attached to an aromatic ring is 2. The molecular weight excluding hydrogens is 214 g/mol. The molecule has 0 aromatic heterocycles. The van der Waals surface area contributed by atoms with Crippen LogP contribution in [0.4, 0.5) is 11.4 Å². The van der Waals surface area contributed by atoms with Crippen LogP contribution in [0.3, 0.4) is 0 Å². The zero-order chi connectivity index (χ0) is 12.4. The zero-order valence-corrected chi connectivity index (χ0v) is 9.18. The number of amides is 1. The van der Waals surface area contributed by atoms with E-state index in [4.69, 9.17) is 17.2 Å². The average molecular weight is 227 g/mol. The molecule has 2 aromatic rings. The highest BCUT2D eigenvalue weighted by Gasteiger charge is 2.06. The number of carbonyl (C=O) groups is 1. The molecule has 4 nitrogen and oxygen atoms in total. The Balaban J connectivity index is 2.44. The van der Waals surface area contributed by atoms with Crippen molar-refractivity contribution in [3.8, 4) is 11.1 Å². The summed E-state index contributed by atoms with van der Waals surface area (Å²) in [6, 6.07) is 12.6. The molecule has 0 saturated carbocycles. The molecule has 0 unspecified atom stereocenters. The molecule has 0 aliphatic carbocycles. The summed E-state index contributed by atoms with van der Waals surface area (Å²) in [4.78, 5) is 11.0. The Labute approximate surface area is 99.0 Å². The Morgan fingerprint density at radius 3 is 2.00 bits per heavy atom. The van der Waals surface area contributed by atoms with E-state index in [1.807, 2.05) is 30.3 Å². The number of hydrogen-bond donors (Lipinski definition) is 3. The lowest BCUT2D eigenvalue weighted by Gasteiger charge is -2.06. The third kappa shape index (κ3) is 2.20. The molecule has 0 aliphatic rings. The van der Waals surface area contributed by atoms with Crippen LogP contribution in [-0.2, 0) is 0 Å². The first-order valence-electron chi connectivity index (χ1n) is 5.13. The van der Waals surface area contributed by atoms with Crippen LogP contribution in [-0.4, -0.2) is 5.91 Å². The van der Waals surface area contributed by atoms with Gasteiger partial charge in [0.15, 0.2) is 0 Å². The highest BCUT2D eigenvalue weighted by Crippen LogP contribution is 2.24. The Kier molecular flexibility index (Phi) is 2.70. The van der Waals surface area contributed by atoms with Crippen LogP contribution in [0.2, 0.25) is 0 Å². The van der Waals surface area contributed by atoms with E-state index in [0.717, 1.165) is 11.1 Å². The Morgan fingerprint density at radius 1 is 0.882 bits per heavy atom. The largest absolute Gasteiger partial charge is 0.399 e. The molecule has 86 valence electrons. The van der Waals surface area contributed by atoms with Crippen LogP contribution in [0.15, 0.2) is 42.5 Å². The maximum Gasteiger partial charge on any atom is 0.250 e. The number of nitrogens with two attached hydrogens (primary N) is 3. The van der Waals surface area contributed by atoms with E-state index in [1.165, 1.54) is 0 Å². The first-order valence-corrected chi connectivity index (χ1v) is 5.13. The molecule has 4 heteroatoms. The van der Waals surface area contributed by atoms with Crippen molar-refractivity contribution in [3.63, 3.8) is 0 Å². The summed E-state index contributed by atoms with van der Waals surface area (Å²) >= 11 is 0. The quantitative estimate of drug-likeness (QED) is 0.680. The van der Waals surface area contributed by atoms with Crippen molar-refractivity contribution in [1.29, 1.82) is 0 Å². The third-order valence-corrected chi connectivity index (χ3v) is 2.56. The van der Waals surface area contributed by atoms with E-state index in [-0.39, 0.29) is 0 Å². The fourth-order valence-corrected chi connectivity index (χ4v) is 1.64. The summed E-state index contributed by atoms with van der Waals surface area (Å²) in [7, 11) is 0. The number of anilines is 2. The van der Waals surface area contributed by atoms with Gasteiger partial charge in [0, 0.05) is 11.4 Å². The number of carbonyl (C=O) groups excluding carboxylic acids is 1. The van der Waals surface area contributed by atoms with Crippen LogP contribution in [0.25, 0.3) is 11.1 Å². The van der Waals surface area contributed by atoms with Gasteiger partial charge in [0.05, 0.1) is 5.56 Å². The van der Waals surface area contributed by atoms with Crippen molar-refractivity contribution in [3.05, 3.63) is 48.0 Å². The Bertz CT molecular complexity index is 561. The lowest BCUT2D eigenvalue weighted by molar-refractivity contribution is 0.100. The third-order valence-electron chi connectivity index (χ3n) is 2.56. The normalized spacial score (nSPS) is 10.1. The summed E-state index contributed by atoms with van der Waals surface area (Å²) in [6.07, 6.45) is 0. The van der Waals surface area contributed by atoms with E-state index in [0.29, 0.717) is 16.9 Å². The van der Waals surface area contributed by atoms with Gasteiger partial charge in [-0.1, -0.05) is 18.2 Å². The maximum absolute atomic E-state index is 11.0. The summed E-state index contributed by atoms with van der Waals surface area (Å²) in [5.41, 5.74) is 19.9. The Hall–Kier alpha value is -2.49. The van der Waals surface area contributed by atoms with Gasteiger partial charge in [0.1, 0.15) is 0 Å². The van der Waals surface area contributed by atoms with Gasteiger partial charge in [-0.3, -0.25) is 4.79 Å². The topological polar surface area (TPSA) is 95.1 Å². The molecule has 1 amide bonds. The van der Waals surface area contributed by atoms with Gasteiger partial charge >= 0.3 is 0 Å². The smallest absolute Gasteiger partial charge is 0.250 e. The molecular formula is C13H13N3O. The molecule has 17 heavy (non-hydrogen) atoms. The van der Waals surface area contributed by atoms with Crippen molar-refractivity contribution >= 4 is 17.3 Å². The molecule has 2 rings (SSSR count). The van der Waals surface area contributed by atoms with Gasteiger partial charge in [0.25, 0.3) is 5.91 Å². The SMILES string of the molecule is NC(=O)c1ccc(-c2ccc(N)cc2)cc1N. The van der Waals surface area contributed by atoms with Crippen molar-refractivity contribution < 1.29 is 4.79 Å². The molecule has 0 aliphatic heterocycles. The zero-order valence-electron chi connectivity index (χ0n) is 9.18. The lowest BCUT2D eigenvalue weighted by atomic mass is 10.0. The second-order valence-corrected chi connectivity index (χ2v) is 3.79. The molecule has 0 fully saturated rings. The van der Waals surface area contributed by atoms with Crippen molar-refractivity contribution in [1.82, 2.24) is 0 Å². The first kappa shape index (κ1) is 11.0. The van der Waals surface area contributed by atoms with E-state index >= 15 is 0 Å². The minimum absolute atomic E-state index is 0.337. The number of primary amides is 1. The molecule has 0 radical (unpaired) electrons. The molecule has 0 heterocycles. The van der Waals surface area contributed by atoms with Gasteiger partial charge in [-0.05, 0) is 35.4 Å². The highest BCUT2D eigenvalue weighted by molar-refractivity contribution is 5.98. The summed E-state index contributed by atoms with van der Waals surface area (Å²) < 4.78 is 0. The molecule has 2 aromatic carbocycles.